The molecule has 0 aliphatic carbocycles. The van der Waals surface area contributed by atoms with Gasteiger partial charge in [-0.3, -0.25) is 9.78 Å². The van der Waals surface area contributed by atoms with Crippen LogP contribution in [0.4, 0.5) is 5.69 Å². The number of hydrogen-bond donors (Lipinski definition) is 0. The van der Waals surface area contributed by atoms with Crippen LogP contribution in [-0.2, 0) is 0 Å². The van der Waals surface area contributed by atoms with E-state index >= 15 is 0 Å². The van der Waals surface area contributed by atoms with Crippen molar-refractivity contribution in [3.63, 3.8) is 0 Å². The topological polar surface area (TPSA) is 54.9 Å². The lowest BCUT2D eigenvalue weighted by molar-refractivity contribution is 0.103. The molecule has 0 saturated carbocycles. The first-order valence-electron chi connectivity index (χ1n) is 10.5. The molecular formula is C24H25N3O3. The van der Waals surface area contributed by atoms with E-state index in [2.05, 4.69) is 21.7 Å². The summed E-state index contributed by atoms with van der Waals surface area (Å²) in [5.41, 5.74) is 3.07. The third kappa shape index (κ3) is 3.37. The van der Waals surface area contributed by atoms with Gasteiger partial charge in [0.15, 0.2) is 17.3 Å². The summed E-state index contributed by atoms with van der Waals surface area (Å²) in [7, 11) is 0. The Bertz CT molecular complexity index is 1080. The van der Waals surface area contributed by atoms with Gasteiger partial charge in [0.25, 0.3) is 0 Å². The number of ketones is 1. The van der Waals surface area contributed by atoms with Crippen LogP contribution in [0.3, 0.4) is 0 Å². The molecule has 154 valence electrons. The molecule has 1 fully saturated rings. The van der Waals surface area contributed by atoms with Crippen LogP contribution in [0.25, 0.3) is 10.9 Å². The average molecular weight is 403 g/mol. The molecule has 6 heteroatoms. The zero-order valence-electron chi connectivity index (χ0n) is 17.1. The SMILES string of the molecule is CCN1CCN(c2c(C(=O)c3ccccc3)cnc3cc4c(cc23)OCCO4)CC1. The smallest absolute Gasteiger partial charge is 0.196 e. The Balaban J connectivity index is 1.66. The molecule has 2 aromatic carbocycles. The van der Waals surface area contributed by atoms with Crippen LogP contribution in [0, 0.1) is 0 Å². The predicted octanol–water partition coefficient (Wildman–Crippen LogP) is 3.38. The molecule has 0 bridgehead atoms. The molecule has 6 nitrogen and oxygen atoms in total. The van der Waals surface area contributed by atoms with Crippen molar-refractivity contribution >= 4 is 22.4 Å². The number of likely N-dealkylation sites (N-methyl/N-ethyl adjacent to an activating group) is 1. The third-order valence-corrected chi connectivity index (χ3v) is 5.92. The maximum Gasteiger partial charge on any atom is 0.196 e. The van der Waals surface area contributed by atoms with E-state index in [-0.39, 0.29) is 5.78 Å². The standard InChI is InChI=1S/C24H25N3O3/c1-2-26-8-10-27(11-9-26)23-18-14-21-22(30-13-12-29-21)15-20(18)25-16-19(23)24(28)17-6-4-3-5-7-17/h3-7,14-16H,2,8-13H2,1H3. The predicted molar refractivity (Wildman–Crippen MR) is 117 cm³/mol. The number of benzene rings is 2. The molecule has 0 atom stereocenters. The maximum atomic E-state index is 13.4. The molecule has 30 heavy (non-hydrogen) atoms. The summed E-state index contributed by atoms with van der Waals surface area (Å²) >= 11 is 0. The number of piperazine rings is 1. The van der Waals surface area contributed by atoms with E-state index in [1.807, 2.05) is 42.5 Å². The second-order valence-corrected chi connectivity index (χ2v) is 7.65. The minimum atomic E-state index is -0.00666. The van der Waals surface area contributed by atoms with Crippen LogP contribution in [-0.4, -0.2) is 61.6 Å². The highest BCUT2D eigenvalue weighted by Crippen LogP contribution is 2.39. The molecule has 3 aromatic rings. The highest BCUT2D eigenvalue weighted by molar-refractivity contribution is 6.16. The summed E-state index contributed by atoms with van der Waals surface area (Å²) in [5.74, 6) is 1.42. The minimum Gasteiger partial charge on any atom is -0.486 e. The first-order chi connectivity index (χ1) is 14.7. The van der Waals surface area contributed by atoms with E-state index in [1.165, 1.54) is 0 Å². The van der Waals surface area contributed by atoms with Crippen molar-refractivity contribution in [1.82, 2.24) is 9.88 Å². The van der Waals surface area contributed by atoms with Crippen molar-refractivity contribution in [2.75, 3.05) is 50.8 Å². The second-order valence-electron chi connectivity index (χ2n) is 7.65. The third-order valence-electron chi connectivity index (χ3n) is 5.92. The van der Waals surface area contributed by atoms with Crippen molar-refractivity contribution in [3.05, 3.63) is 59.8 Å². The van der Waals surface area contributed by atoms with Gasteiger partial charge in [0.05, 0.1) is 16.8 Å². The molecule has 0 amide bonds. The van der Waals surface area contributed by atoms with Crippen molar-refractivity contribution < 1.29 is 14.3 Å². The fraction of sp³-hybridized carbons (Fsp3) is 0.333. The molecular weight excluding hydrogens is 378 g/mol. The number of anilines is 1. The fourth-order valence-electron chi connectivity index (χ4n) is 4.25. The number of rotatable bonds is 4. The van der Waals surface area contributed by atoms with Crippen LogP contribution < -0.4 is 14.4 Å². The van der Waals surface area contributed by atoms with Crippen LogP contribution in [0.1, 0.15) is 22.8 Å². The number of carbonyl (C=O) groups is 1. The van der Waals surface area contributed by atoms with Crippen LogP contribution >= 0.6 is 0 Å². The van der Waals surface area contributed by atoms with E-state index in [0.717, 1.165) is 49.3 Å². The summed E-state index contributed by atoms with van der Waals surface area (Å²) in [4.78, 5) is 22.8. The molecule has 0 spiro atoms. The molecule has 1 aromatic heterocycles. The first kappa shape index (κ1) is 18.9. The fourth-order valence-corrected chi connectivity index (χ4v) is 4.25. The number of aromatic nitrogens is 1. The summed E-state index contributed by atoms with van der Waals surface area (Å²) in [6.07, 6.45) is 1.72. The molecule has 0 radical (unpaired) electrons. The van der Waals surface area contributed by atoms with Gasteiger partial charge in [-0.25, -0.2) is 0 Å². The Morgan fingerprint density at radius 2 is 1.70 bits per heavy atom. The van der Waals surface area contributed by atoms with E-state index < -0.39 is 0 Å². The van der Waals surface area contributed by atoms with Gasteiger partial charge in [-0.05, 0) is 12.6 Å². The monoisotopic (exact) mass is 403 g/mol. The van der Waals surface area contributed by atoms with Crippen molar-refractivity contribution in [3.8, 4) is 11.5 Å². The normalized spacial score (nSPS) is 16.6. The number of carbonyl (C=O) groups excluding carboxylic acids is 1. The van der Waals surface area contributed by atoms with Gasteiger partial charge in [-0.2, -0.15) is 0 Å². The summed E-state index contributed by atoms with van der Waals surface area (Å²) in [6, 6.07) is 13.3. The van der Waals surface area contributed by atoms with Crippen molar-refractivity contribution in [1.29, 1.82) is 0 Å². The summed E-state index contributed by atoms with van der Waals surface area (Å²) in [5, 5.41) is 0.936. The second kappa shape index (κ2) is 7.95. The van der Waals surface area contributed by atoms with Gasteiger partial charge in [0, 0.05) is 49.4 Å². The number of pyridine rings is 1. The van der Waals surface area contributed by atoms with Crippen LogP contribution in [0.15, 0.2) is 48.7 Å². The zero-order valence-corrected chi connectivity index (χ0v) is 17.1. The van der Waals surface area contributed by atoms with Gasteiger partial charge >= 0.3 is 0 Å². The minimum absolute atomic E-state index is 0.00666. The van der Waals surface area contributed by atoms with Gasteiger partial charge < -0.3 is 19.3 Å². The Hall–Kier alpha value is -3.12. The molecule has 5 rings (SSSR count). The largest absolute Gasteiger partial charge is 0.486 e. The Labute approximate surface area is 176 Å². The van der Waals surface area contributed by atoms with E-state index in [0.29, 0.717) is 35.8 Å². The Morgan fingerprint density at radius 1 is 1.00 bits per heavy atom. The Morgan fingerprint density at radius 3 is 2.40 bits per heavy atom. The van der Waals surface area contributed by atoms with Gasteiger partial charge in [0.2, 0.25) is 0 Å². The highest BCUT2D eigenvalue weighted by Gasteiger charge is 2.26. The number of ether oxygens (including phenoxy) is 2. The van der Waals surface area contributed by atoms with Crippen molar-refractivity contribution in [2.24, 2.45) is 0 Å². The molecule has 2 aliphatic rings. The lowest BCUT2D eigenvalue weighted by atomic mass is 9.99. The summed E-state index contributed by atoms with van der Waals surface area (Å²) in [6.45, 7) is 7.99. The number of hydrogen-bond acceptors (Lipinski definition) is 6. The van der Waals surface area contributed by atoms with E-state index in [1.54, 1.807) is 6.20 Å². The zero-order chi connectivity index (χ0) is 20.5. The quantitative estimate of drug-likeness (QED) is 0.623. The first-order valence-corrected chi connectivity index (χ1v) is 10.5. The summed E-state index contributed by atoms with van der Waals surface area (Å²) < 4.78 is 11.6. The number of fused-ring (bicyclic) bond motifs is 2. The van der Waals surface area contributed by atoms with Gasteiger partial charge in [-0.1, -0.05) is 37.3 Å². The highest BCUT2D eigenvalue weighted by atomic mass is 16.6. The van der Waals surface area contributed by atoms with E-state index in [4.69, 9.17) is 9.47 Å². The lowest BCUT2D eigenvalue weighted by Crippen LogP contribution is -2.46. The molecule has 1 saturated heterocycles. The lowest BCUT2D eigenvalue weighted by Gasteiger charge is -2.37. The van der Waals surface area contributed by atoms with E-state index in [9.17, 15) is 4.79 Å². The average Bonchev–Trinajstić information content (AvgIpc) is 2.82. The maximum absolute atomic E-state index is 13.4. The van der Waals surface area contributed by atoms with Gasteiger partial charge in [-0.15, -0.1) is 0 Å². The Kier molecular flexibility index (Phi) is 5.01. The molecule has 0 N–H and O–H groups in total. The van der Waals surface area contributed by atoms with Crippen LogP contribution in [0.2, 0.25) is 0 Å². The molecule has 2 aliphatic heterocycles. The molecule has 3 heterocycles. The van der Waals surface area contributed by atoms with Gasteiger partial charge in [0.1, 0.15) is 13.2 Å². The molecule has 0 unspecified atom stereocenters. The van der Waals surface area contributed by atoms with Crippen LogP contribution in [0.5, 0.6) is 11.5 Å². The van der Waals surface area contributed by atoms with Crippen molar-refractivity contribution in [2.45, 2.75) is 6.92 Å². The number of nitrogens with zero attached hydrogens (tertiary/aromatic N) is 3.